The number of nitrogens with two attached hydrogens (primary N) is 1. The monoisotopic (exact) mass is 274 g/mol. The van der Waals surface area contributed by atoms with Crippen LogP contribution in [0, 0.1) is 10.8 Å². The van der Waals surface area contributed by atoms with E-state index in [4.69, 9.17) is 11.1 Å². The fourth-order valence-electron chi connectivity index (χ4n) is 2.64. The van der Waals surface area contributed by atoms with Crippen LogP contribution in [0.15, 0.2) is 24.3 Å². The van der Waals surface area contributed by atoms with E-state index in [-0.39, 0.29) is 11.3 Å². The van der Waals surface area contributed by atoms with Crippen LogP contribution in [0.1, 0.15) is 26.7 Å². The largest absolute Gasteiger partial charge is 0.387 e. The highest BCUT2D eigenvalue weighted by molar-refractivity contribution is 5.82. The summed E-state index contributed by atoms with van der Waals surface area (Å²) >= 11 is 0. The van der Waals surface area contributed by atoms with Crippen molar-refractivity contribution in [2.75, 3.05) is 36.5 Å². The van der Waals surface area contributed by atoms with Crippen molar-refractivity contribution in [3.63, 3.8) is 0 Å². The molecule has 1 aliphatic rings. The number of anilines is 2. The number of likely N-dealkylation sites (N-methyl/N-ethyl adjacent to an activating group) is 1. The van der Waals surface area contributed by atoms with Crippen molar-refractivity contribution in [1.82, 2.24) is 0 Å². The van der Waals surface area contributed by atoms with Crippen molar-refractivity contribution in [3.05, 3.63) is 24.3 Å². The van der Waals surface area contributed by atoms with Crippen molar-refractivity contribution in [1.29, 1.82) is 5.41 Å². The Morgan fingerprint density at radius 2 is 1.90 bits per heavy atom. The first-order valence-electron chi connectivity index (χ1n) is 7.31. The highest BCUT2D eigenvalue weighted by atomic mass is 15.2. The van der Waals surface area contributed by atoms with Crippen molar-refractivity contribution < 1.29 is 0 Å². The van der Waals surface area contributed by atoms with Gasteiger partial charge >= 0.3 is 0 Å². The Balaban J connectivity index is 1.98. The molecule has 0 saturated heterocycles. The fraction of sp³-hybridized carbons (Fsp3) is 0.562. The third-order valence-corrected chi connectivity index (χ3v) is 4.30. The Labute approximate surface area is 122 Å². The van der Waals surface area contributed by atoms with Crippen LogP contribution in [0.5, 0.6) is 0 Å². The second kappa shape index (κ2) is 5.73. The predicted molar refractivity (Wildman–Crippen MR) is 86.9 cm³/mol. The number of nitrogens with zero attached hydrogens (tertiary/aromatic N) is 2. The van der Waals surface area contributed by atoms with Gasteiger partial charge in [-0.25, -0.2) is 0 Å². The lowest BCUT2D eigenvalue weighted by Crippen LogP contribution is -2.40. The van der Waals surface area contributed by atoms with E-state index >= 15 is 0 Å². The first-order valence-corrected chi connectivity index (χ1v) is 7.31. The maximum Gasteiger partial charge on any atom is 0.0963 e. The van der Waals surface area contributed by atoms with Gasteiger partial charge in [-0.2, -0.15) is 0 Å². The molecule has 1 aromatic carbocycles. The number of fused-ring (bicyclic) bond motifs is 1. The van der Waals surface area contributed by atoms with Gasteiger partial charge in [0.15, 0.2) is 0 Å². The summed E-state index contributed by atoms with van der Waals surface area (Å²) in [6, 6.07) is 8.57. The molecule has 0 fully saturated rings. The number of benzene rings is 1. The molecule has 1 heterocycles. The normalized spacial score (nSPS) is 15.2. The van der Waals surface area contributed by atoms with Gasteiger partial charge in [0.05, 0.1) is 17.2 Å². The molecule has 0 aliphatic carbocycles. The molecule has 0 unspecified atom stereocenters. The quantitative estimate of drug-likeness (QED) is 0.641. The van der Waals surface area contributed by atoms with E-state index in [1.54, 1.807) is 0 Å². The molecule has 0 saturated carbocycles. The van der Waals surface area contributed by atoms with Crippen LogP contribution in [0.2, 0.25) is 0 Å². The van der Waals surface area contributed by atoms with Gasteiger partial charge in [0, 0.05) is 32.1 Å². The molecule has 4 heteroatoms. The third-order valence-electron chi connectivity index (χ3n) is 4.30. The number of rotatable bonds is 5. The minimum absolute atomic E-state index is 0.188. The second-order valence-corrected chi connectivity index (χ2v) is 6.30. The summed E-state index contributed by atoms with van der Waals surface area (Å²) in [5, 5.41) is 7.62. The van der Waals surface area contributed by atoms with E-state index in [1.165, 1.54) is 11.4 Å². The Morgan fingerprint density at radius 3 is 2.55 bits per heavy atom. The first-order chi connectivity index (χ1) is 9.42. The maximum absolute atomic E-state index is 7.62. The van der Waals surface area contributed by atoms with Crippen LogP contribution < -0.4 is 15.5 Å². The predicted octanol–water partition coefficient (Wildman–Crippen LogP) is 2.69. The summed E-state index contributed by atoms with van der Waals surface area (Å²) in [7, 11) is 2.15. The molecule has 0 amide bonds. The molecule has 4 nitrogen and oxygen atoms in total. The zero-order valence-corrected chi connectivity index (χ0v) is 12.8. The van der Waals surface area contributed by atoms with Gasteiger partial charge < -0.3 is 15.5 Å². The van der Waals surface area contributed by atoms with E-state index in [9.17, 15) is 0 Å². The highest BCUT2D eigenvalue weighted by Gasteiger charge is 2.23. The summed E-state index contributed by atoms with van der Waals surface area (Å²) < 4.78 is 0. The molecule has 110 valence electrons. The smallest absolute Gasteiger partial charge is 0.0963 e. The van der Waals surface area contributed by atoms with Crippen LogP contribution in [0.4, 0.5) is 11.4 Å². The van der Waals surface area contributed by atoms with Crippen molar-refractivity contribution in [2.45, 2.75) is 26.7 Å². The minimum Gasteiger partial charge on any atom is -0.387 e. The SMILES string of the molecule is CN1CCN(CCCC(C)(C)C(=N)N)c2ccccc21. The summed E-state index contributed by atoms with van der Waals surface area (Å²) in [6.07, 6.45) is 2.02. The van der Waals surface area contributed by atoms with Gasteiger partial charge in [-0.3, -0.25) is 5.41 Å². The Bertz CT molecular complexity index is 481. The molecule has 0 radical (unpaired) electrons. The van der Waals surface area contributed by atoms with E-state index in [1.807, 2.05) is 13.8 Å². The topological polar surface area (TPSA) is 56.4 Å². The van der Waals surface area contributed by atoms with Gasteiger partial charge in [-0.1, -0.05) is 26.0 Å². The van der Waals surface area contributed by atoms with Crippen molar-refractivity contribution >= 4 is 17.2 Å². The van der Waals surface area contributed by atoms with E-state index in [2.05, 4.69) is 41.1 Å². The number of amidine groups is 1. The molecule has 3 N–H and O–H groups in total. The zero-order valence-electron chi connectivity index (χ0n) is 12.8. The van der Waals surface area contributed by atoms with Crippen LogP contribution in [-0.2, 0) is 0 Å². The first kappa shape index (κ1) is 14.7. The van der Waals surface area contributed by atoms with Crippen molar-refractivity contribution in [3.8, 4) is 0 Å². The summed E-state index contributed by atoms with van der Waals surface area (Å²) in [5.74, 6) is 0.288. The van der Waals surface area contributed by atoms with E-state index in [0.29, 0.717) is 0 Å². The summed E-state index contributed by atoms with van der Waals surface area (Å²) in [4.78, 5) is 4.76. The molecule has 1 aromatic rings. The van der Waals surface area contributed by atoms with Gasteiger partial charge in [-0.05, 0) is 25.0 Å². The number of nitrogens with one attached hydrogen (secondary N) is 1. The number of hydrogen-bond donors (Lipinski definition) is 2. The molecular formula is C16H26N4. The van der Waals surface area contributed by atoms with Gasteiger partial charge in [-0.15, -0.1) is 0 Å². The molecule has 0 spiro atoms. The lowest BCUT2D eigenvalue weighted by Gasteiger charge is -2.37. The number of para-hydroxylation sites is 2. The lowest BCUT2D eigenvalue weighted by molar-refractivity contribution is 0.449. The standard InChI is InChI=1S/C16H26N4/c1-16(2,15(17)18)9-6-10-20-12-11-19(3)13-7-4-5-8-14(13)20/h4-5,7-8H,6,9-12H2,1-3H3,(H3,17,18). The Hall–Kier alpha value is -1.71. The van der Waals surface area contributed by atoms with Crippen molar-refractivity contribution in [2.24, 2.45) is 11.1 Å². The van der Waals surface area contributed by atoms with E-state index < -0.39 is 0 Å². The summed E-state index contributed by atoms with van der Waals surface area (Å²) in [6.45, 7) is 7.25. The van der Waals surface area contributed by atoms with E-state index in [0.717, 1.165) is 32.5 Å². The third kappa shape index (κ3) is 3.06. The average molecular weight is 274 g/mol. The van der Waals surface area contributed by atoms with Crippen LogP contribution in [0.25, 0.3) is 0 Å². The molecule has 0 atom stereocenters. The minimum atomic E-state index is -0.188. The Kier molecular flexibility index (Phi) is 4.21. The van der Waals surface area contributed by atoms with Crippen LogP contribution in [0.3, 0.4) is 0 Å². The average Bonchev–Trinajstić information content (AvgIpc) is 2.41. The lowest BCUT2D eigenvalue weighted by atomic mass is 9.86. The zero-order chi connectivity index (χ0) is 14.8. The van der Waals surface area contributed by atoms with Crippen LogP contribution >= 0.6 is 0 Å². The molecular weight excluding hydrogens is 248 g/mol. The summed E-state index contributed by atoms with van der Waals surface area (Å²) in [5.41, 5.74) is 8.09. The second-order valence-electron chi connectivity index (χ2n) is 6.30. The maximum atomic E-state index is 7.62. The van der Waals surface area contributed by atoms with Gasteiger partial charge in [0.1, 0.15) is 0 Å². The number of hydrogen-bond acceptors (Lipinski definition) is 3. The molecule has 20 heavy (non-hydrogen) atoms. The van der Waals surface area contributed by atoms with Crippen LogP contribution in [-0.4, -0.2) is 32.5 Å². The molecule has 2 rings (SSSR count). The van der Waals surface area contributed by atoms with Gasteiger partial charge in [0.25, 0.3) is 0 Å². The molecule has 1 aliphatic heterocycles. The Morgan fingerprint density at radius 1 is 1.25 bits per heavy atom. The highest BCUT2D eigenvalue weighted by Crippen LogP contribution is 2.32. The molecule has 0 aromatic heterocycles. The molecule has 0 bridgehead atoms. The fourth-order valence-corrected chi connectivity index (χ4v) is 2.64. The van der Waals surface area contributed by atoms with Gasteiger partial charge in [0.2, 0.25) is 0 Å².